The number of aromatic nitrogens is 2. The van der Waals surface area contributed by atoms with Crippen LogP contribution in [0.5, 0.6) is 0 Å². The van der Waals surface area contributed by atoms with Crippen molar-refractivity contribution in [3.05, 3.63) is 28.5 Å². The van der Waals surface area contributed by atoms with E-state index in [1.54, 1.807) is 0 Å². The molecule has 0 amide bonds. The van der Waals surface area contributed by atoms with E-state index in [0.29, 0.717) is 17.5 Å². The number of nitrogens with zero attached hydrogens (tertiary/aromatic N) is 2. The number of rotatable bonds is 3. The zero-order valence-electron chi connectivity index (χ0n) is 11.5. The van der Waals surface area contributed by atoms with Crippen molar-refractivity contribution < 1.29 is 4.52 Å². The Hall–Kier alpha value is -1.36. The third-order valence-corrected chi connectivity index (χ3v) is 4.66. The van der Waals surface area contributed by atoms with Gasteiger partial charge in [0.15, 0.2) is 5.82 Å². The van der Waals surface area contributed by atoms with E-state index in [-0.39, 0.29) is 0 Å². The highest BCUT2D eigenvalue weighted by atomic mass is 79.9. The van der Waals surface area contributed by atoms with Gasteiger partial charge in [-0.1, -0.05) is 34.4 Å². The number of hydrogen-bond acceptors (Lipinski definition) is 4. The second kappa shape index (κ2) is 5.56. The predicted octanol–water partition coefficient (Wildman–Crippen LogP) is 4.38. The van der Waals surface area contributed by atoms with Crippen molar-refractivity contribution in [3.63, 3.8) is 0 Å². The number of anilines is 1. The molecule has 1 fully saturated rings. The molecule has 2 N–H and O–H groups in total. The van der Waals surface area contributed by atoms with Crippen molar-refractivity contribution in [2.24, 2.45) is 5.92 Å². The number of nitrogen functional groups attached to an aromatic ring is 1. The van der Waals surface area contributed by atoms with E-state index in [0.717, 1.165) is 28.2 Å². The van der Waals surface area contributed by atoms with Gasteiger partial charge in [0.1, 0.15) is 0 Å². The van der Waals surface area contributed by atoms with Crippen LogP contribution >= 0.6 is 15.9 Å². The van der Waals surface area contributed by atoms with Gasteiger partial charge in [0.05, 0.1) is 5.56 Å². The Labute approximate surface area is 126 Å². The molecule has 0 aliphatic heterocycles. The van der Waals surface area contributed by atoms with Gasteiger partial charge in [0.25, 0.3) is 5.89 Å². The van der Waals surface area contributed by atoms with Gasteiger partial charge in [-0.3, -0.25) is 0 Å². The lowest BCUT2D eigenvalue weighted by Gasteiger charge is -2.04. The molecule has 0 radical (unpaired) electrons. The largest absolute Gasteiger partial charge is 0.398 e. The van der Waals surface area contributed by atoms with E-state index < -0.39 is 0 Å². The zero-order valence-corrected chi connectivity index (χ0v) is 13.1. The van der Waals surface area contributed by atoms with Crippen LogP contribution in [0.4, 0.5) is 5.69 Å². The summed E-state index contributed by atoms with van der Waals surface area (Å²) in [6.07, 6.45) is 4.84. The summed E-state index contributed by atoms with van der Waals surface area (Å²) in [5.74, 6) is 2.59. The van der Waals surface area contributed by atoms with Gasteiger partial charge in [-0.2, -0.15) is 4.98 Å². The first kappa shape index (κ1) is 13.6. The number of nitrogens with two attached hydrogens (primary N) is 1. The lowest BCUT2D eigenvalue weighted by atomic mass is 10.0. The molecule has 0 spiro atoms. The number of hydrogen-bond donors (Lipinski definition) is 1. The first-order valence-electron chi connectivity index (χ1n) is 7.06. The van der Waals surface area contributed by atoms with E-state index in [1.165, 1.54) is 19.3 Å². The first-order chi connectivity index (χ1) is 9.67. The van der Waals surface area contributed by atoms with Crippen molar-refractivity contribution >= 4 is 21.6 Å². The molecule has 1 aromatic heterocycles. The van der Waals surface area contributed by atoms with Gasteiger partial charge in [-0.05, 0) is 43.4 Å². The van der Waals surface area contributed by atoms with Crippen molar-refractivity contribution in [1.29, 1.82) is 0 Å². The summed E-state index contributed by atoms with van der Waals surface area (Å²) >= 11 is 3.40. The molecule has 106 valence electrons. The highest BCUT2D eigenvalue weighted by molar-refractivity contribution is 9.10. The Morgan fingerprint density at radius 1 is 1.40 bits per heavy atom. The summed E-state index contributed by atoms with van der Waals surface area (Å²) in [5.41, 5.74) is 7.45. The minimum Gasteiger partial charge on any atom is -0.398 e. The quantitative estimate of drug-likeness (QED) is 0.845. The molecular formula is C15H18BrN3O. The fraction of sp³-hybridized carbons (Fsp3) is 0.467. The lowest BCUT2D eigenvalue weighted by Crippen LogP contribution is -1.97. The van der Waals surface area contributed by atoms with Crippen molar-refractivity contribution in [1.82, 2.24) is 10.1 Å². The number of benzene rings is 1. The minimum absolute atomic E-state index is 0.439. The summed E-state index contributed by atoms with van der Waals surface area (Å²) in [4.78, 5) is 4.55. The molecule has 5 heteroatoms. The average molecular weight is 336 g/mol. The van der Waals surface area contributed by atoms with Crippen LogP contribution in [0, 0.1) is 5.92 Å². The smallest absolute Gasteiger partial charge is 0.260 e. The monoisotopic (exact) mass is 335 g/mol. The molecule has 4 nitrogen and oxygen atoms in total. The van der Waals surface area contributed by atoms with Crippen molar-refractivity contribution in [3.8, 4) is 11.5 Å². The van der Waals surface area contributed by atoms with Crippen LogP contribution in [0.3, 0.4) is 0 Å². The molecule has 0 saturated heterocycles. The fourth-order valence-corrected chi connectivity index (χ4v) is 3.30. The lowest BCUT2D eigenvalue weighted by molar-refractivity contribution is 0.414. The molecule has 20 heavy (non-hydrogen) atoms. The highest BCUT2D eigenvalue weighted by Crippen LogP contribution is 2.39. The van der Waals surface area contributed by atoms with Gasteiger partial charge in [0, 0.05) is 16.1 Å². The maximum Gasteiger partial charge on any atom is 0.260 e. The molecule has 1 aromatic carbocycles. The Balaban J connectivity index is 1.83. The van der Waals surface area contributed by atoms with E-state index in [2.05, 4.69) is 33.0 Å². The molecular weight excluding hydrogens is 318 g/mol. The van der Waals surface area contributed by atoms with E-state index in [9.17, 15) is 0 Å². The first-order valence-corrected chi connectivity index (χ1v) is 7.85. The molecule has 3 rings (SSSR count). The average Bonchev–Trinajstić information content (AvgIpc) is 3.07. The Bertz CT molecular complexity index is 611. The van der Waals surface area contributed by atoms with Crippen LogP contribution in [-0.4, -0.2) is 10.1 Å². The summed E-state index contributed by atoms with van der Waals surface area (Å²) in [7, 11) is 0. The Morgan fingerprint density at radius 3 is 2.95 bits per heavy atom. The summed E-state index contributed by atoms with van der Waals surface area (Å²) in [6.45, 7) is 2.25. The number of halogens is 1. The van der Waals surface area contributed by atoms with E-state index >= 15 is 0 Å². The molecule has 1 heterocycles. The Kier molecular flexibility index (Phi) is 3.78. The van der Waals surface area contributed by atoms with Crippen LogP contribution in [0.15, 0.2) is 27.2 Å². The van der Waals surface area contributed by atoms with Crippen molar-refractivity contribution in [2.45, 2.75) is 38.5 Å². The standard InChI is InChI=1S/C15H18BrN3O/c1-2-9-3-4-10(7-9)14-18-15(20-19-14)12-6-5-11(16)8-13(12)17/h5-6,8-10H,2-4,7,17H2,1H3. The molecule has 1 saturated carbocycles. The van der Waals surface area contributed by atoms with Crippen LogP contribution in [-0.2, 0) is 0 Å². The molecule has 0 bridgehead atoms. The van der Waals surface area contributed by atoms with E-state index in [1.807, 2.05) is 18.2 Å². The van der Waals surface area contributed by atoms with Gasteiger partial charge < -0.3 is 10.3 Å². The maximum absolute atomic E-state index is 6.00. The highest BCUT2D eigenvalue weighted by Gasteiger charge is 2.28. The molecule has 1 aliphatic rings. The van der Waals surface area contributed by atoms with Gasteiger partial charge >= 0.3 is 0 Å². The molecule has 2 unspecified atom stereocenters. The van der Waals surface area contributed by atoms with Gasteiger partial charge in [0.2, 0.25) is 0 Å². The second-order valence-electron chi connectivity index (χ2n) is 5.47. The summed E-state index contributed by atoms with van der Waals surface area (Å²) in [6, 6.07) is 5.68. The van der Waals surface area contributed by atoms with Crippen LogP contribution in [0.25, 0.3) is 11.5 Å². The molecule has 1 aliphatic carbocycles. The van der Waals surface area contributed by atoms with Crippen LogP contribution in [0.1, 0.15) is 44.3 Å². The van der Waals surface area contributed by atoms with Gasteiger partial charge in [-0.15, -0.1) is 0 Å². The summed E-state index contributed by atoms with van der Waals surface area (Å²) in [5, 5.41) is 4.15. The fourth-order valence-electron chi connectivity index (χ4n) is 2.92. The van der Waals surface area contributed by atoms with Gasteiger partial charge in [-0.25, -0.2) is 0 Å². The third-order valence-electron chi connectivity index (χ3n) is 4.17. The summed E-state index contributed by atoms with van der Waals surface area (Å²) < 4.78 is 6.34. The third kappa shape index (κ3) is 2.59. The maximum atomic E-state index is 6.00. The second-order valence-corrected chi connectivity index (χ2v) is 6.39. The topological polar surface area (TPSA) is 64.9 Å². The predicted molar refractivity (Wildman–Crippen MR) is 82.2 cm³/mol. The normalized spacial score (nSPS) is 22.3. The minimum atomic E-state index is 0.439. The zero-order chi connectivity index (χ0) is 14.1. The Morgan fingerprint density at radius 2 is 2.25 bits per heavy atom. The van der Waals surface area contributed by atoms with Crippen LogP contribution < -0.4 is 5.73 Å². The van der Waals surface area contributed by atoms with Crippen molar-refractivity contribution in [2.75, 3.05) is 5.73 Å². The molecule has 2 atom stereocenters. The SMILES string of the molecule is CCC1CCC(c2noc(-c3ccc(Br)cc3N)n2)C1. The van der Waals surface area contributed by atoms with Crippen LogP contribution in [0.2, 0.25) is 0 Å². The van der Waals surface area contributed by atoms with E-state index in [4.69, 9.17) is 10.3 Å². The molecule has 2 aromatic rings.